The van der Waals surface area contributed by atoms with Crippen LogP contribution >= 0.6 is 22.9 Å². The van der Waals surface area contributed by atoms with E-state index in [1.54, 1.807) is 17.7 Å². The Hall–Kier alpha value is -0.930. The molecule has 0 spiro atoms. The van der Waals surface area contributed by atoms with E-state index in [0.717, 1.165) is 11.3 Å². The summed E-state index contributed by atoms with van der Waals surface area (Å²) < 4.78 is 29.4. The normalized spacial score (nSPS) is 13.5. The maximum Gasteiger partial charge on any atom is 0.244 e. The van der Waals surface area contributed by atoms with Crippen LogP contribution in [0.2, 0.25) is 4.34 Å². The third-order valence-corrected chi connectivity index (χ3v) is 5.77. The maximum atomic E-state index is 12.3. The van der Waals surface area contributed by atoms with Crippen LogP contribution < -0.4 is 10.5 Å². The zero-order chi connectivity index (χ0) is 15.5. The molecule has 1 atom stereocenters. The largest absolute Gasteiger partial charge is 0.330 e. The average molecular weight is 349 g/mol. The van der Waals surface area contributed by atoms with Crippen LogP contribution in [0.1, 0.15) is 24.3 Å². The molecule has 9 heteroatoms. The van der Waals surface area contributed by atoms with E-state index < -0.39 is 10.0 Å². The van der Waals surface area contributed by atoms with Gasteiger partial charge in [0.05, 0.1) is 16.6 Å². The molecule has 0 saturated heterocycles. The Morgan fingerprint density at radius 3 is 2.90 bits per heavy atom. The fraction of sp³-hybridized carbons (Fsp3) is 0.417. The second kappa shape index (κ2) is 6.89. The Kier molecular flexibility index (Phi) is 5.39. The summed E-state index contributed by atoms with van der Waals surface area (Å²) in [5.41, 5.74) is 5.42. The number of rotatable bonds is 7. The van der Waals surface area contributed by atoms with Gasteiger partial charge in [0.1, 0.15) is 4.90 Å². The van der Waals surface area contributed by atoms with Gasteiger partial charge in [-0.15, -0.1) is 11.3 Å². The van der Waals surface area contributed by atoms with E-state index in [0.29, 0.717) is 17.4 Å². The summed E-state index contributed by atoms with van der Waals surface area (Å²) in [7, 11) is -3.60. The van der Waals surface area contributed by atoms with E-state index in [9.17, 15) is 8.42 Å². The minimum atomic E-state index is -3.60. The fourth-order valence-electron chi connectivity index (χ4n) is 1.78. The van der Waals surface area contributed by atoms with Crippen molar-refractivity contribution in [1.82, 2.24) is 14.5 Å². The van der Waals surface area contributed by atoms with E-state index in [-0.39, 0.29) is 10.9 Å². The number of halogens is 1. The van der Waals surface area contributed by atoms with E-state index >= 15 is 0 Å². The first-order valence-corrected chi connectivity index (χ1v) is 9.10. The Bertz CT molecular complexity index is 696. The number of thiophene rings is 1. The highest BCUT2D eigenvalue weighted by atomic mass is 35.5. The summed E-state index contributed by atoms with van der Waals surface area (Å²) in [5.74, 6) is 0. The Labute approximate surface area is 133 Å². The molecule has 21 heavy (non-hydrogen) atoms. The number of hydrogen-bond donors (Lipinski definition) is 2. The molecule has 0 radical (unpaired) electrons. The average Bonchev–Trinajstić information content (AvgIpc) is 3.05. The smallest absolute Gasteiger partial charge is 0.244 e. The predicted molar refractivity (Wildman–Crippen MR) is 84.0 cm³/mol. The molecule has 0 bridgehead atoms. The van der Waals surface area contributed by atoms with Crippen molar-refractivity contribution in [3.8, 4) is 0 Å². The molecule has 0 amide bonds. The molecule has 0 aromatic carbocycles. The highest BCUT2D eigenvalue weighted by Crippen LogP contribution is 2.27. The van der Waals surface area contributed by atoms with Gasteiger partial charge in [0.15, 0.2) is 0 Å². The molecule has 3 N–H and O–H groups in total. The summed E-state index contributed by atoms with van der Waals surface area (Å²) in [4.78, 5) is 1.01. The molecule has 0 aliphatic heterocycles. The lowest BCUT2D eigenvalue weighted by atomic mass is 10.3. The van der Waals surface area contributed by atoms with Gasteiger partial charge in [-0.2, -0.15) is 5.10 Å². The number of aryl methyl sites for hydroxylation is 1. The SMILES string of the molecule is CC(NS(=O)(=O)c1cnn(CCCN)c1)c1ccc(Cl)s1. The van der Waals surface area contributed by atoms with Gasteiger partial charge in [-0.3, -0.25) is 4.68 Å². The Morgan fingerprint density at radius 2 is 2.29 bits per heavy atom. The lowest BCUT2D eigenvalue weighted by Gasteiger charge is -2.11. The summed E-state index contributed by atoms with van der Waals surface area (Å²) in [6, 6.07) is 3.21. The van der Waals surface area contributed by atoms with Gasteiger partial charge in [0.2, 0.25) is 10.0 Å². The first kappa shape index (κ1) is 16.4. The summed E-state index contributed by atoms with van der Waals surface area (Å²) >= 11 is 7.21. The third-order valence-electron chi connectivity index (χ3n) is 2.86. The van der Waals surface area contributed by atoms with E-state index in [2.05, 4.69) is 9.82 Å². The summed E-state index contributed by atoms with van der Waals surface area (Å²) in [5, 5.41) is 4.03. The van der Waals surface area contributed by atoms with Gasteiger partial charge in [0, 0.05) is 17.6 Å². The van der Waals surface area contributed by atoms with E-state index in [4.69, 9.17) is 17.3 Å². The zero-order valence-corrected chi connectivity index (χ0v) is 13.9. The van der Waals surface area contributed by atoms with Gasteiger partial charge in [-0.05, 0) is 32.0 Å². The van der Waals surface area contributed by atoms with Crippen molar-refractivity contribution < 1.29 is 8.42 Å². The number of nitrogens with two attached hydrogens (primary N) is 1. The van der Waals surface area contributed by atoms with Gasteiger partial charge in [-0.1, -0.05) is 11.6 Å². The highest BCUT2D eigenvalue weighted by Gasteiger charge is 2.21. The van der Waals surface area contributed by atoms with Crippen LogP contribution in [0.15, 0.2) is 29.4 Å². The van der Waals surface area contributed by atoms with Crippen molar-refractivity contribution >= 4 is 33.0 Å². The number of aromatic nitrogens is 2. The number of sulfonamides is 1. The molecule has 2 rings (SSSR count). The lowest BCUT2D eigenvalue weighted by molar-refractivity contribution is 0.566. The second-order valence-corrected chi connectivity index (χ2v) is 8.03. The van der Waals surface area contributed by atoms with Gasteiger partial charge in [0.25, 0.3) is 0 Å². The van der Waals surface area contributed by atoms with Crippen molar-refractivity contribution in [2.75, 3.05) is 6.54 Å². The molecule has 2 aromatic rings. The highest BCUT2D eigenvalue weighted by molar-refractivity contribution is 7.89. The van der Waals surface area contributed by atoms with Crippen molar-refractivity contribution in [3.63, 3.8) is 0 Å². The van der Waals surface area contributed by atoms with Gasteiger partial charge in [-0.25, -0.2) is 13.1 Å². The molecular weight excluding hydrogens is 332 g/mol. The minimum absolute atomic E-state index is 0.147. The summed E-state index contributed by atoms with van der Waals surface area (Å²) in [6.07, 6.45) is 3.60. The van der Waals surface area contributed by atoms with Crippen LogP contribution in [-0.4, -0.2) is 24.7 Å². The Balaban J connectivity index is 2.09. The van der Waals surface area contributed by atoms with Crippen LogP contribution in [-0.2, 0) is 16.6 Å². The standard InChI is InChI=1S/C12H17ClN4O2S2/c1-9(11-3-4-12(13)20-11)16-21(18,19)10-7-15-17(8-10)6-2-5-14/h3-4,7-9,16H,2,5-6,14H2,1H3. The van der Waals surface area contributed by atoms with Crippen LogP contribution in [0, 0.1) is 0 Å². The van der Waals surface area contributed by atoms with Crippen molar-refractivity contribution in [2.24, 2.45) is 5.73 Å². The molecule has 2 heterocycles. The van der Waals surface area contributed by atoms with Gasteiger partial charge >= 0.3 is 0 Å². The van der Waals surface area contributed by atoms with Crippen LogP contribution in [0.4, 0.5) is 0 Å². The molecule has 1 unspecified atom stereocenters. The number of hydrogen-bond acceptors (Lipinski definition) is 5. The quantitative estimate of drug-likeness (QED) is 0.800. The number of nitrogens with zero attached hydrogens (tertiary/aromatic N) is 2. The monoisotopic (exact) mass is 348 g/mol. The zero-order valence-electron chi connectivity index (χ0n) is 11.5. The van der Waals surface area contributed by atoms with Crippen LogP contribution in [0.25, 0.3) is 0 Å². The topological polar surface area (TPSA) is 90.0 Å². The van der Waals surface area contributed by atoms with Crippen LogP contribution in [0.5, 0.6) is 0 Å². The predicted octanol–water partition coefficient (Wildman–Crippen LogP) is 1.99. The van der Waals surface area contributed by atoms with Crippen molar-refractivity contribution in [1.29, 1.82) is 0 Å². The molecule has 0 fully saturated rings. The molecule has 116 valence electrons. The molecule has 2 aromatic heterocycles. The molecule has 0 saturated carbocycles. The first-order valence-electron chi connectivity index (χ1n) is 6.42. The van der Waals surface area contributed by atoms with Gasteiger partial charge < -0.3 is 5.73 Å². The Morgan fingerprint density at radius 1 is 1.52 bits per heavy atom. The summed E-state index contributed by atoms with van der Waals surface area (Å²) in [6.45, 7) is 2.91. The third kappa shape index (κ3) is 4.27. The van der Waals surface area contributed by atoms with E-state index in [1.807, 2.05) is 6.07 Å². The molecular formula is C12H17ClN4O2S2. The van der Waals surface area contributed by atoms with Crippen LogP contribution in [0.3, 0.4) is 0 Å². The van der Waals surface area contributed by atoms with Crippen molar-refractivity contribution in [2.45, 2.75) is 30.8 Å². The van der Waals surface area contributed by atoms with E-state index in [1.165, 1.54) is 23.7 Å². The number of nitrogens with one attached hydrogen (secondary N) is 1. The molecule has 0 aliphatic carbocycles. The molecule has 0 aliphatic rings. The second-order valence-electron chi connectivity index (χ2n) is 4.57. The lowest BCUT2D eigenvalue weighted by Crippen LogP contribution is -2.26. The fourth-order valence-corrected chi connectivity index (χ4v) is 4.09. The minimum Gasteiger partial charge on any atom is -0.330 e. The first-order chi connectivity index (χ1) is 9.92. The maximum absolute atomic E-state index is 12.3. The molecule has 6 nitrogen and oxygen atoms in total. The van der Waals surface area contributed by atoms with Crippen molar-refractivity contribution in [3.05, 3.63) is 33.7 Å².